The molecule has 0 aromatic carbocycles. The Kier molecular flexibility index (Phi) is 0.922. The van der Waals surface area contributed by atoms with E-state index in [-0.39, 0.29) is 6.10 Å². The number of hydrogen-bond donors (Lipinski definition) is 1. The normalized spacial score (nSPS) is 50.6. The first-order valence-electron chi connectivity index (χ1n) is 4.15. The molecule has 0 aliphatic heterocycles. The Hall–Kier alpha value is -0.300. The van der Waals surface area contributed by atoms with Crippen LogP contribution < -0.4 is 0 Å². The maximum absolute atomic E-state index is 9.37. The number of rotatable bonds is 0. The van der Waals surface area contributed by atoms with Gasteiger partial charge in [-0.05, 0) is 24.7 Å². The molecule has 2 aliphatic rings. The van der Waals surface area contributed by atoms with Crippen molar-refractivity contribution in [1.29, 1.82) is 0 Å². The van der Waals surface area contributed by atoms with Crippen molar-refractivity contribution in [2.45, 2.75) is 25.4 Å². The second-order valence-corrected chi connectivity index (χ2v) is 3.03. The number of allylic oxidation sites excluding steroid dienone is 1. The van der Waals surface area contributed by atoms with Gasteiger partial charge in [-0.2, -0.15) is 0 Å². The molecule has 2 rings (SSSR count). The molecule has 1 saturated carbocycles. The van der Waals surface area contributed by atoms with Crippen molar-refractivity contribution in [1.82, 2.24) is 0 Å². The maximum atomic E-state index is 9.37. The van der Waals surface area contributed by atoms with E-state index in [0.717, 1.165) is 12.8 Å². The summed E-state index contributed by atoms with van der Waals surface area (Å²) in [5, 5.41) is 9.37. The Morgan fingerprint density at radius 3 is 3.22 bits per heavy atom. The zero-order valence-electron chi connectivity index (χ0n) is 6.38. The van der Waals surface area contributed by atoms with Crippen LogP contribution in [0.15, 0.2) is 12.1 Å². The molecule has 0 spiro atoms. The molecule has 0 unspecified atom stereocenters. The minimum atomic E-state index is -0.306. The zero-order valence-corrected chi connectivity index (χ0v) is 5.38. The summed E-state index contributed by atoms with van der Waals surface area (Å²) in [7, 11) is 0. The van der Waals surface area contributed by atoms with Crippen molar-refractivity contribution in [3.8, 4) is 0 Å². The van der Waals surface area contributed by atoms with E-state index in [1.54, 1.807) is 6.08 Å². The van der Waals surface area contributed by atoms with Crippen LogP contribution in [0.5, 0.6) is 0 Å². The van der Waals surface area contributed by atoms with E-state index in [0.29, 0.717) is 17.9 Å². The third-order valence-corrected chi connectivity index (χ3v) is 2.49. The first-order valence-corrected chi connectivity index (χ1v) is 3.65. The average Bonchev–Trinajstić information content (AvgIpc) is 2.39. The molecule has 1 heteroatoms. The van der Waals surface area contributed by atoms with E-state index in [9.17, 15) is 5.11 Å². The minimum absolute atomic E-state index is 0.306. The third-order valence-electron chi connectivity index (χ3n) is 2.49. The van der Waals surface area contributed by atoms with E-state index in [1.807, 2.05) is 0 Å². The monoisotopic (exact) mass is 125 g/mol. The summed E-state index contributed by atoms with van der Waals surface area (Å²) in [6, 6.07) is 0.676. The third kappa shape index (κ3) is 0.715. The highest BCUT2D eigenvalue weighted by Gasteiger charge is 2.33. The topological polar surface area (TPSA) is 20.2 Å². The van der Waals surface area contributed by atoms with Crippen LogP contribution in [0, 0.1) is 11.8 Å². The molecule has 0 aromatic heterocycles. The number of fused-ring (bicyclic) bond motifs is 1. The predicted molar refractivity (Wildman–Crippen MR) is 36.0 cm³/mol. The highest BCUT2D eigenvalue weighted by Crippen LogP contribution is 2.39. The molecule has 0 amide bonds. The van der Waals surface area contributed by atoms with Gasteiger partial charge >= 0.3 is 0 Å². The minimum Gasteiger partial charge on any atom is -0.389 e. The molecule has 9 heavy (non-hydrogen) atoms. The van der Waals surface area contributed by atoms with Crippen molar-refractivity contribution in [2.24, 2.45) is 11.8 Å². The van der Waals surface area contributed by atoms with Crippen molar-refractivity contribution in [3.63, 3.8) is 0 Å². The van der Waals surface area contributed by atoms with Gasteiger partial charge in [0.15, 0.2) is 0 Å². The molecule has 0 aromatic rings. The quantitative estimate of drug-likeness (QED) is 0.484. The molecular formula is C8H12O. The van der Waals surface area contributed by atoms with Gasteiger partial charge in [0.05, 0.1) is 7.47 Å². The Morgan fingerprint density at radius 1 is 1.56 bits per heavy atom. The van der Waals surface area contributed by atoms with Gasteiger partial charge in [-0.25, -0.2) is 0 Å². The highest BCUT2D eigenvalue weighted by atomic mass is 16.3. The zero-order chi connectivity index (χ0) is 7.14. The lowest BCUT2D eigenvalue weighted by molar-refractivity contribution is 0.154. The van der Waals surface area contributed by atoms with Crippen LogP contribution in [0.25, 0.3) is 0 Å². The SMILES string of the molecule is [2H]C1=C[C@H](O)[C@H]2CCC[C@@H]12. The van der Waals surface area contributed by atoms with Crippen molar-refractivity contribution < 1.29 is 6.48 Å². The fourth-order valence-electron chi connectivity index (χ4n) is 1.95. The smallest absolute Gasteiger partial charge is 0.0754 e. The van der Waals surface area contributed by atoms with Crippen LogP contribution in [-0.2, 0) is 0 Å². The van der Waals surface area contributed by atoms with Gasteiger partial charge < -0.3 is 5.11 Å². The molecule has 0 bridgehead atoms. The molecule has 2 aliphatic carbocycles. The summed E-state index contributed by atoms with van der Waals surface area (Å²) in [5.41, 5.74) is 0. The molecular weight excluding hydrogens is 112 g/mol. The predicted octanol–water partition coefficient (Wildman–Crippen LogP) is 1.33. The Morgan fingerprint density at radius 2 is 2.44 bits per heavy atom. The van der Waals surface area contributed by atoms with Crippen LogP contribution in [0.1, 0.15) is 20.6 Å². The molecule has 3 atom stereocenters. The molecule has 50 valence electrons. The van der Waals surface area contributed by atoms with Gasteiger partial charge in [-0.1, -0.05) is 18.5 Å². The molecule has 1 fully saturated rings. The van der Waals surface area contributed by atoms with Gasteiger partial charge in [-0.3, -0.25) is 0 Å². The second kappa shape index (κ2) is 1.84. The van der Waals surface area contributed by atoms with Crippen LogP contribution >= 0.6 is 0 Å². The van der Waals surface area contributed by atoms with E-state index in [1.165, 1.54) is 6.42 Å². The van der Waals surface area contributed by atoms with E-state index < -0.39 is 0 Å². The second-order valence-electron chi connectivity index (χ2n) is 3.03. The van der Waals surface area contributed by atoms with Crippen LogP contribution in [-0.4, -0.2) is 11.2 Å². The average molecular weight is 125 g/mol. The van der Waals surface area contributed by atoms with E-state index in [2.05, 4.69) is 0 Å². The van der Waals surface area contributed by atoms with Gasteiger partial charge in [0.25, 0.3) is 0 Å². The summed E-state index contributed by atoms with van der Waals surface area (Å²) >= 11 is 0. The molecule has 0 heterocycles. The molecule has 0 radical (unpaired) electrons. The number of hydrogen-bond acceptors (Lipinski definition) is 1. The fourth-order valence-corrected chi connectivity index (χ4v) is 1.95. The molecule has 1 nitrogen and oxygen atoms in total. The largest absolute Gasteiger partial charge is 0.389 e. The van der Waals surface area contributed by atoms with Crippen molar-refractivity contribution >= 4 is 0 Å². The van der Waals surface area contributed by atoms with Gasteiger partial charge in [0.1, 0.15) is 0 Å². The number of aliphatic hydroxyl groups excluding tert-OH is 1. The Bertz CT molecular complexity index is 176. The van der Waals surface area contributed by atoms with Crippen molar-refractivity contribution in [3.05, 3.63) is 12.1 Å². The lowest BCUT2D eigenvalue weighted by Crippen LogP contribution is -2.14. The van der Waals surface area contributed by atoms with Crippen LogP contribution in [0.4, 0.5) is 0 Å². The van der Waals surface area contributed by atoms with Crippen LogP contribution in [0.3, 0.4) is 0 Å². The van der Waals surface area contributed by atoms with Gasteiger partial charge in [0, 0.05) is 0 Å². The van der Waals surface area contributed by atoms with E-state index in [4.69, 9.17) is 1.37 Å². The Labute approximate surface area is 56.8 Å². The van der Waals surface area contributed by atoms with Crippen LogP contribution in [0.2, 0.25) is 0 Å². The fraction of sp³-hybridized carbons (Fsp3) is 0.750. The Balaban J connectivity index is 2.21. The number of aliphatic hydroxyl groups is 1. The highest BCUT2D eigenvalue weighted by molar-refractivity contribution is 5.09. The van der Waals surface area contributed by atoms with Gasteiger partial charge in [0.2, 0.25) is 0 Å². The van der Waals surface area contributed by atoms with Gasteiger partial charge in [-0.15, -0.1) is 0 Å². The van der Waals surface area contributed by atoms with Crippen molar-refractivity contribution in [2.75, 3.05) is 0 Å². The summed E-state index contributed by atoms with van der Waals surface area (Å²) < 4.78 is 7.49. The summed E-state index contributed by atoms with van der Waals surface area (Å²) in [4.78, 5) is 0. The first-order chi connectivity index (χ1) is 4.79. The molecule has 0 saturated heterocycles. The first kappa shape index (κ1) is 4.51. The summed E-state index contributed by atoms with van der Waals surface area (Å²) in [6.07, 6.45) is 4.83. The standard InChI is InChI=1S/C8H12O/c9-8-5-4-6-2-1-3-7(6)8/h4-9H,1-3H2/t6-,7-,8-/m0/s1/i4D. The summed E-state index contributed by atoms with van der Waals surface area (Å²) in [5.74, 6) is 0.794. The molecule has 1 N–H and O–H groups in total. The maximum Gasteiger partial charge on any atom is 0.0754 e. The summed E-state index contributed by atoms with van der Waals surface area (Å²) in [6.45, 7) is 0. The lowest BCUT2D eigenvalue weighted by Gasteiger charge is -2.11. The van der Waals surface area contributed by atoms with E-state index >= 15 is 0 Å². The lowest BCUT2D eigenvalue weighted by atomic mass is 9.98.